The molecule has 1 aliphatic heterocycles. The highest BCUT2D eigenvalue weighted by molar-refractivity contribution is 5.77. The lowest BCUT2D eigenvalue weighted by atomic mass is 9.93. The van der Waals surface area contributed by atoms with Crippen molar-refractivity contribution < 1.29 is 9.59 Å². The number of anilines is 1. The first-order valence-electron chi connectivity index (χ1n) is 6.21. The molecule has 0 aromatic heterocycles. The van der Waals surface area contributed by atoms with Crippen LogP contribution < -0.4 is 10.6 Å². The largest absolute Gasteiger partial charge is 0.371 e. The van der Waals surface area contributed by atoms with Crippen molar-refractivity contribution in [3.05, 3.63) is 29.8 Å². The molecule has 0 aliphatic carbocycles. The molecule has 1 fully saturated rings. The van der Waals surface area contributed by atoms with Gasteiger partial charge < -0.3 is 10.6 Å². The van der Waals surface area contributed by atoms with Gasteiger partial charge in [-0.2, -0.15) is 0 Å². The second-order valence-electron chi connectivity index (χ2n) is 4.90. The summed E-state index contributed by atoms with van der Waals surface area (Å²) in [5.41, 5.74) is 7.12. The first-order chi connectivity index (χ1) is 8.61. The van der Waals surface area contributed by atoms with Crippen LogP contribution in [0, 0.1) is 11.8 Å². The zero-order valence-electron chi connectivity index (χ0n) is 10.5. The van der Waals surface area contributed by atoms with Gasteiger partial charge in [-0.05, 0) is 36.6 Å². The number of carbonyl (C=O) groups excluding carboxylic acids is 2. The lowest BCUT2D eigenvalue weighted by Gasteiger charge is -2.20. The summed E-state index contributed by atoms with van der Waals surface area (Å²) in [5.74, 6) is 0.0237. The third-order valence-corrected chi connectivity index (χ3v) is 3.77. The Kier molecular flexibility index (Phi) is 3.65. The van der Waals surface area contributed by atoms with Gasteiger partial charge in [0.25, 0.3) is 0 Å². The average molecular weight is 246 g/mol. The maximum Gasteiger partial charge on any atom is 0.220 e. The zero-order chi connectivity index (χ0) is 13.1. The number of nitrogens with zero attached hydrogens (tertiary/aromatic N) is 1. The lowest BCUT2D eigenvalue weighted by molar-refractivity contribution is -0.122. The van der Waals surface area contributed by atoms with E-state index in [0.29, 0.717) is 11.5 Å². The molecule has 2 N–H and O–H groups in total. The van der Waals surface area contributed by atoms with Gasteiger partial charge in [-0.15, -0.1) is 0 Å². The van der Waals surface area contributed by atoms with E-state index in [2.05, 4.69) is 4.90 Å². The van der Waals surface area contributed by atoms with Crippen LogP contribution in [0.3, 0.4) is 0 Å². The van der Waals surface area contributed by atoms with Crippen LogP contribution in [0.4, 0.5) is 5.69 Å². The Hall–Kier alpha value is -1.84. The number of aldehydes is 1. The summed E-state index contributed by atoms with van der Waals surface area (Å²) in [6.07, 6.45) is 1.82. The first-order valence-corrected chi connectivity index (χ1v) is 6.21. The molecule has 2 unspecified atom stereocenters. The van der Waals surface area contributed by atoms with E-state index in [-0.39, 0.29) is 11.8 Å². The number of rotatable bonds is 4. The number of amides is 1. The van der Waals surface area contributed by atoms with E-state index in [1.54, 1.807) is 0 Å². The van der Waals surface area contributed by atoms with Crippen LogP contribution in [-0.4, -0.2) is 25.3 Å². The molecule has 4 nitrogen and oxygen atoms in total. The minimum atomic E-state index is -0.224. The predicted octanol–water partition coefficient (Wildman–Crippen LogP) is 1.45. The molecule has 1 aromatic carbocycles. The minimum Gasteiger partial charge on any atom is -0.371 e. The van der Waals surface area contributed by atoms with Crippen LogP contribution in [-0.2, 0) is 4.79 Å². The van der Waals surface area contributed by atoms with Crippen molar-refractivity contribution in [3.8, 4) is 0 Å². The molecular weight excluding hydrogens is 228 g/mol. The molecule has 0 bridgehead atoms. The molecule has 1 amide bonds. The first kappa shape index (κ1) is 12.6. The van der Waals surface area contributed by atoms with Crippen molar-refractivity contribution >= 4 is 17.9 Å². The van der Waals surface area contributed by atoms with Crippen molar-refractivity contribution in [1.82, 2.24) is 0 Å². The number of hydrogen-bond acceptors (Lipinski definition) is 3. The van der Waals surface area contributed by atoms with Crippen LogP contribution in [0.25, 0.3) is 0 Å². The fraction of sp³-hybridized carbons (Fsp3) is 0.429. The van der Waals surface area contributed by atoms with E-state index < -0.39 is 0 Å². The van der Waals surface area contributed by atoms with Crippen LogP contribution >= 0.6 is 0 Å². The zero-order valence-corrected chi connectivity index (χ0v) is 10.5. The lowest BCUT2D eigenvalue weighted by Crippen LogP contribution is -2.29. The number of carbonyl (C=O) groups is 2. The molecule has 1 aliphatic rings. The maximum atomic E-state index is 11.2. The molecule has 18 heavy (non-hydrogen) atoms. The molecule has 1 saturated heterocycles. The van der Waals surface area contributed by atoms with Crippen LogP contribution in [0.1, 0.15) is 23.7 Å². The van der Waals surface area contributed by atoms with Crippen molar-refractivity contribution in [2.75, 3.05) is 18.0 Å². The van der Waals surface area contributed by atoms with E-state index in [0.717, 1.165) is 31.5 Å². The van der Waals surface area contributed by atoms with E-state index in [1.807, 2.05) is 31.2 Å². The SMILES string of the molecule is CC(C(N)=O)C1CCN(c2ccc(C=O)cc2)C1. The highest BCUT2D eigenvalue weighted by Crippen LogP contribution is 2.28. The van der Waals surface area contributed by atoms with Crippen molar-refractivity contribution in [2.45, 2.75) is 13.3 Å². The summed E-state index contributed by atoms with van der Waals surface area (Å²) < 4.78 is 0. The fourth-order valence-corrected chi connectivity index (χ4v) is 2.43. The van der Waals surface area contributed by atoms with Gasteiger partial charge in [0.2, 0.25) is 5.91 Å². The quantitative estimate of drug-likeness (QED) is 0.818. The van der Waals surface area contributed by atoms with Gasteiger partial charge in [0.05, 0.1) is 0 Å². The van der Waals surface area contributed by atoms with Gasteiger partial charge in [0.15, 0.2) is 0 Å². The summed E-state index contributed by atoms with van der Waals surface area (Å²) >= 11 is 0. The third-order valence-electron chi connectivity index (χ3n) is 3.77. The monoisotopic (exact) mass is 246 g/mol. The third kappa shape index (κ3) is 2.53. The van der Waals surface area contributed by atoms with Crippen LogP contribution in [0.2, 0.25) is 0 Å². The molecule has 2 atom stereocenters. The Morgan fingerprint density at radius 2 is 2.11 bits per heavy atom. The Labute approximate surface area is 107 Å². The summed E-state index contributed by atoms with van der Waals surface area (Å²) in [5, 5.41) is 0. The minimum absolute atomic E-state index is 0.0794. The van der Waals surface area contributed by atoms with Gasteiger partial charge in [0.1, 0.15) is 6.29 Å². The Balaban J connectivity index is 2.03. The van der Waals surface area contributed by atoms with Crippen molar-refractivity contribution in [1.29, 1.82) is 0 Å². The molecule has 1 heterocycles. The van der Waals surface area contributed by atoms with Crippen LogP contribution in [0.5, 0.6) is 0 Å². The highest BCUT2D eigenvalue weighted by Gasteiger charge is 2.29. The molecule has 0 saturated carbocycles. The molecule has 4 heteroatoms. The normalized spacial score (nSPS) is 20.7. The van der Waals surface area contributed by atoms with Gasteiger partial charge >= 0.3 is 0 Å². The van der Waals surface area contributed by atoms with Crippen LogP contribution in [0.15, 0.2) is 24.3 Å². The predicted molar refractivity (Wildman–Crippen MR) is 70.5 cm³/mol. The van der Waals surface area contributed by atoms with Crippen molar-refractivity contribution in [2.24, 2.45) is 17.6 Å². The second kappa shape index (κ2) is 5.21. The molecule has 1 aromatic rings. The second-order valence-corrected chi connectivity index (χ2v) is 4.90. The average Bonchev–Trinajstić information content (AvgIpc) is 2.87. The molecular formula is C14H18N2O2. The van der Waals surface area contributed by atoms with Gasteiger partial charge in [-0.25, -0.2) is 0 Å². The highest BCUT2D eigenvalue weighted by atomic mass is 16.1. The van der Waals surface area contributed by atoms with E-state index >= 15 is 0 Å². The molecule has 2 rings (SSSR count). The van der Waals surface area contributed by atoms with Gasteiger partial charge in [0, 0.05) is 30.3 Å². The Morgan fingerprint density at radius 3 is 2.67 bits per heavy atom. The van der Waals surface area contributed by atoms with E-state index in [4.69, 9.17) is 5.73 Å². The molecule has 0 spiro atoms. The van der Waals surface area contributed by atoms with E-state index in [9.17, 15) is 9.59 Å². The topological polar surface area (TPSA) is 63.4 Å². The summed E-state index contributed by atoms with van der Waals surface area (Å²) in [6.45, 7) is 3.68. The number of benzene rings is 1. The summed E-state index contributed by atoms with van der Waals surface area (Å²) in [4.78, 5) is 24.0. The summed E-state index contributed by atoms with van der Waals surface area (Å²) in [6, 6.07) is 7.52. The van der Waals surface area contributed by atoms with Gasteiger partial charge in [-0.3, -0.25) is 9.59 Å². The molecule has 0 radical (unpaired) electrons. The number of nitrogens with two attached hydrogens (primary N) is 1. The van der Waals surface area contributed by atoms with Crippen molar-refractivity contribution in [3.63, 3.8) is 0 Å². The number of hydrogen-bond donors (Lipinski definition) is 1. The Bertz CT molecular complexity index is 442. The molecule has 96 valence electrons. The van der Waals surface area contributed by atoms with E-state index in [1.165, 1.54) is 0 Å². The smallest absolute Gasteiger partial charge is 0.220 e. The van der Waals surface area contributed by atoms with Gasteiger partial charge in [-0.1, -0.05) is 6.92 Å². The fourth-order valence-electron chi connectivity index (χ4n) is 2.43. The Morgan fingerprint density at radius 1 is 1.44 bits per heavy atom. The maximum absolute atomic E-state index is 11.2. The number of primary amides is 1. The summed E-state index contributed by atoms with van der Waals surface area (Å²) in [7, 11) is 0. The standard InChI is InChI=1S/C14H18N2O2/c1-10(14(15)18)12-6-7-16(8-12)13-4-2-11(9-17)3-5-13/h2-5,9-10,12H,6-8H2,1H3,(H2,15,18).